The van der Waals surface area contributed by atoms with Crippen LogP contribution in [0.3, 0.4) is 0 Å². The predicted octanol–water partition coefficient (Wildman–Crippen LogP) is 5.37. The molecule has 0 saturated carbocycles. The van der Waals surface area contributed by atoms with Gasteiger partial charge in [0.1, 0.15) is 5.69 Å². The largest absolute Gasteiger partial charge is 0.318 e. The van der Waals surface area contributed by atoms with Crippen LogP contribution in [0.15, 0.2) is 53.5 Å². The molecular formula is C21H21N3O2. The average Bonchev–Trinajstić information content (AvgIpc) is 2.87. The minimum Gasteiger partial charge on any atom is -0.318 e. The van der Waals surface area contributed by atoms with Crippen LogP contribution >= 0.6 is 0 Å². The van der Waals surface area contributed by atoms with Gasteiger partial charge >= 0.3 is 0 Å². The maximum absolute atomic E-state index is 11.3. The van der Waals surface area contributed by atoms with E-state index in [2.05, 4.69) is 34.7 Å². The fraction of sp³-hybridized carbons (Fsp3) is 0.190. The lowest BCUT2D eigenvalue weighted by Crippen LogP contribution is -1.99. The van der Waals surface area contributed by atoms with Gasteiger partial charge in [0, 0.05) is 34.9 Å². The highest BCUT2D eigenvalue weighted by Crippen LogP contribution is 2.28. The number of nitro benzene ring substituents is 1. The van der Waals surface area contributed by atoms with Gasteiger partial charge in [0.15, 0.2) is 0 Å². The Kier molecular flexibility index (Phi) is 4.71. The summed E-state index contributed by atoms with van der Waals surface area (Å²) in [5, 5.41) is 11.3. The molecule has 0 unspecified atom stereocenters. The van der Waals surface area contributed by atoms with Crippen LogP contribution in [0.1, 0.15) is 28.1 Å². The zero-order valence-corrected chi connectivity index (χ0v) is 15.4. The van der Waals surface area contributed by atoms with Gasteiger partial charge in [-0.3, -0.25) is 10.1 Å². The van der Waals surface area contributed by atoms with Gasteiger partial charge in [-0.15, -0.1) is 0 Å². The lowest BCUT2D eigenvalue weighted by Gasteiger charge is -2.10. The Hall–Kier alpha value is -3.21. The molecule has 3 rings (SSSR count). The lowest BCUT2D eigenvalue weighted by molar-refractivity contribution is -0.384. The van der Waals surface area contributed by atoms with Crippen LogP contribution in [0.5, 0.6) is 0 Å². The normalized spacial score (nSPS) is 11.2. The van der Waals surface area contributed by atoms with Crippen molar-refractivity contribution >= 4 is 17.6 Å². The first kappa shape index (κ1) is 17.6. The molecule has 1 aromatic heterocycles. The van der Waals surface area contributed by atoms with Gasteiger partial charge in [-0.2, -0.15) is 0 Å². The Bertz CT molecular complexity index is 1020. The number of nitrogens with zero attached hydrogens (tertiary/aromatic N) is 3. The molecule has 0 aliphatic carbocycles. The Morgan fingerprint density at radius 2 is 1.73 bits per heavy atom. The molecule has 0 bridgehead atoms. The van der Waals surface area contributed by atoms with Crippen molar-refractivity contribution in [3.8, 4) is 5.69 Å². The lowest BCUT2D eigenvalue weighted by atomic mass is 10.2. The highest BCUT2D eigenvalue weighted by Gasteiger charge is 2.14. The Morgan fingerprint density at radius 1 is 1.00 bits per heavy atom. The summed E-state index contributed by atoms with van der Waals surface area (Å²) in [4.78, 5) is 15.2. The van der Waals surface area contributed by atoms with E-state index in [-0.39, 0.29) is 5.69 Å². The zero-order chi connectivity index (χ0) is 18.8. The monoisotopic (exact) mass is 347 g/mol. The maximum atomic E-state index is 11.3. The van der Waals surface area contributed by atoms with Crippen LogP contribution in [0.2, 0.25) is 0 Å². The first-order valence-electron chi connectivity index (χ1n) is 8.42. The Morgan fingerprint density at radius 3 is 2.42 bits per heavy atom. The van der Waals surface area contributed by atoms with Crippen molar-refractivity contribution in [2.45, 2.75) is 27.7 Å². The third kappa shape index (κ3) is 3.42. The van der Waals surface area contributed by atoms with Crippen LogP contribution in [-0.4, -0.2) is 15.7 Å². The standard InChI is InChI=1S/C21H21N3O2/c1-14-6-5-7-19(10-14)23-16(3)12-18(17(23)4)13-22-20-9-8-15(2)11-21(20)24(25)26/h5-13H,1-4H3. The van der Waals surface area contributed by atoms with Crippen molar-refractivity contribution < 1.29 is 4.92 Å². The molecule has 26 heavy (non-hydrogen) atoms. The molecule has 0 radical (unpaired) electrons. The highest BCUT2D eigenvalue weighted by molar-refractivity contribution is 5.85. The van der Waals surface area contributed by atoms with E-state index in [1.807, 2.05) is 39.0 Å². The van der Waals surface area contributed by atoms with E-state index in [4.69, 9.17) is 0 Å². The summed E-state index contributed by atoms with van der Waals surface area (Å²) in [6.07, 6.45) is 1.70. The first-order valence-corrected chi connectivity index (χ1v) is 8.42. The smallest absolute Gasteiger partial charge is 0.295 e. The number of hydrogen-bond acceptors (Lipinski definition) is 3. The van der Waals surface area contributed by atoms with Crippen molar-refractivity contribution in [2.75, 3.05) is 0 Å². The van der Waals surface area contributed by atoms with Crippen molar-refractivity contribution in [3.05, 3.63) is 86.7 Å². The Balaban J connectivity index is 2.01. The van der Waals surface area contributed by atoms with Crippen molar-refractivity contribution in [3.63, 3.8) is 0 Å². The van der Waals surface area contributed by atoms with E-state index in [9.17, 15) is 10.1 Å². The number of hydrogen-bond donors (Lipinski definition) is 0. The number of rotatable bonds is 4. The van der Waals surface area contributed by atoms with Crippen molar-refractivity contribution in [2.24, 2.45) is 4.99 Å². The molecule has 0 saturated heterocycles. The van der Waals surface area contributed by atoms with Crippen LogP contribution < -0.4 is 0 Å². The average molecular weight is 347 g/mol. The number of aliphatic imine (C=N–C) groups is 1. The fourth-order valence-electron chi connectivity index (χ4n) is 3.11. The summed E-state index contributed by atoms with van der Waals surface area (Å²) in [6.45, 7) is 7.97. The van der Waals surface area contributed by atoms with E-state index in [1.165, 1.54) is 5.56 Å². The van der Waals surface area contributed by atoms with Gasteiger partial charge in [0.2, 0.25) is 0 Å². The van der Waals surface area contributed by atoms with E-state index in [0.717, 1.165) is 28.2 Å². The first-order chi connectivity index (χ1) is 12.4. The number of aromatic nitrogens is 1. The van der Waals surface area contributed by atoms with E-state index in [0.29, 0.717) is 5.69 Å². The summed E-state index contributed by atoms with van der Waals surface area (Å²) in [5.74, 6) is 0. The van der Waals surface area contributed by atoms with Gasteiger partial charge in [0.25, 0.3) is 5.69 Å². The quantitative estimate of drug-likeness (QED) is 0.362. The summed E-state index contributed by atoms with van der Waals surface area (Å²) >= 11 is 0. The van der Waals surface area contributed by atoms with Gasteiger partial charge in [0.05, 0.1) is 4.92 Å². The van der Waals surface area contributed by atoms with E-state index >= 15 is 0 Å². The van der Waals surface area contributed by atoms with E-state index < -0.39 is 4.92 Å². The third-order valence-electron chi connectivity index (χ3n) is 4.40. The molecule has 0 atom stereocenters. The second kappa shape index (κ2) is 6.96. The highest BCUT2D eigenvalue weighted by atomic mass is 16.6. The minimum atomic E-state index is -0.393. The topological polar surface area (TPSA) is 60.4 Å². The summed E-state index contributed by atoms with van der Waals surface area (Å²) in [7, 11) is 0. The molecule has 3 aromatic rings. The molecule has 0 aliphatic rings. The van der Waals surface area contributed by atoms with Crippen molar-refractivity contribution in [1.29, 1.82) is 0 Å². The molecule has 5 heteroatoms. The van der Waals surface area contributed by atoms with Crippen LogP contribution in [0.25, 0.3) is 5.69 Å². The molecule has 0 aliphatic heterocycles. The second-order valence-electron chi connectivity index (χ2n) is 6.51. The molecule has 0 fully saturated rings. The molecule has 0 amide bonds. The van der Waals surface area contributed by atoms with Gasteiger partial charge in [-0.05, 0) is 63.1 Å². The second-order valence-corrected chi connectivity index (χ2v) is 6.51. The zero-order valence-electron chi connectivity index (χ0n) is 15.4. The molecule has 1 heterocycles. The molecule has 0 N–H and O–H groups in total. The maximum Gasteiger partial charge on any atom is 0.295 e. The molecule has 132 valence electrons. The number of aryl methyl sites for hydroxylation is 3. The van der Waals surface area contributed by atoms with Crippen LogP contribution in [0, 0.1) is 37.8 Å². The molecule has 5 nitrogen and oxygen atoms in total. The Labute approximate surface area is 152 Å². The van der Waals surface area contributed by atoms with Gasteiger partial charge < -0.3 is 4.57 Å². The van der Waals surface area contributed by atoms with E-state index in [1.54, 1.807) is 18.3 Å². The summed E-state index contributed by atoms with van der Waals surface area (Å²) in [5.41, 5.74) is 6.60. The minimum absolute atomic E-state index is 0.0220. The van der Waals surface area contributed by atoms with Crippen molar-refractivity contribution in [1.82, 2.24) is 4.57 Å². The third-order valence-corrected chi connectivity index (χ3v) is 4.40. The van der Waals surface area contributed by atoms with Crippen LogP contribution in [0.4, 0.5) is 11.4 Å². The summed E-state index contributed by atoms with van der Waals surface area (Å²) in [6, 6.07) is 15.4. The van der Waals surface area contributed by atoms with Gasteiger partial charge in [-0.1, -0.05) is 18.2 Å². The summed E-state index contributed by atoms with van der Waals surface area (Å²) < 4.78 is 2.16. The SMILES string of the molecule is Cc1cccc(-n2c(C)cc(C=Nc3ccc(C)cc3[N+](=O)[O-])c2C)c1. The molecular weight excluding hydrogens is 326 g/mol. The molecule has 0 spiro atoms. The predicted molar refractivity (Wildman–Crippen MR) is 105 cm³/mol. The number of benzene rings is 2. The number of nitro groups is 1. The van der Waals surface area contributed by atoms with Crippen LogP contribution in [-0.2, 0) is 0 Å². The van der Waals surface area contributed by atoms with Gasteiger partial charge in [-0.25, -0.2) is 4.99 Å². The fourth-order valence-corrected chi connectivity index (χ4v) is 3.11. The molecule has 2 aromatic carbocycles.